The first-order valence-corrected chi connectivity index (χ1v) is 4.70. The fourth-order valence-electron chi connectivity index (χ4n) is 1.82. The summed E-state index contributed by atoms with van der Waals surface area (Å²) in [4.78, 5) is 0. The van der Waals surface area contributed by atoms with E-state index < -0.39 is 0 Å². The summed E-state index contributed by atoms with van der Waals surface area (Å²) < 4.78 is 0. The molecule has 0 nitrogen and oxygen atoms in total. The van der Waals surface area contributed by atoms with Crippen molar-refractivity contribution < 1.29 is 0 Å². The molecule has 0 radical (unpaired) electrons. The van der Waals surface area contributed by atoms with E-state index in [-0.39, 0.29) is 29.6 Å². The van der Waals surface area contributed by atoms with Crippen LogP contribution in [-0.2, 0) is 0 Å². The normalized spacial score (nSPS) is 13.7. The van der Waals surface area contributed by atoms with Gasteiger partial charge in [-0.3, -0.25) is 0 Å². The number of hydrogen-bond acceptors (Lipinski definition) is 0. The van der Waals surface area contributed by atoms with Gasteiger partial charge in [0.05, 0.1) is 0 Å². The van der Waals surface area contributed by atoms with Crippen molar-refractivity contribution in [3.8, 4) is 0 Å². The van der Waals surface area contributed by atoms with E-state index in [1.165, 1.54) is 22.3 Å². The average Bonchev–Trinajstić information content (AvgIpc) is 2.53. The Hall–Kier alpha value is -0.300. The summed E-state index contributed by atoms with van der Waals surface area (Å²) in [6.45, 7) is 4.30. The van der Waals surface area contributed by atoms with Crippen LogP contribution in [0.2, 0.25) is 0 Å². The summed E-state index contributed by atoms with van der Waals surface area (Å²) in [5.41, 5.74) is 5.51. The van der Waals surface area contributed by atoms with Gasteiger partial charge in [0.25, 0.3) is 0 Å². The van der Waals surface area contributed by atoms with E-state index in [4.69, 9.17) is 0 Å². The Bertz CT molecular complexity index is 366. The number of aryl methyl sites for hydroxylation is 2. The molecule has 1 aromatic rings. The monoisotopic (exact) mass is 194 g/mol. The van der Waals surface area contributed by atoms with Gasteiger partial charge in [0.2, 0.25) is 0 Å². The second-order valence-corrected chi connectivity index (χ2v) is 3.70. The molecule has 0 amide bonds. The Morgan fingerprint density at radius 2 is 1.64 bits per heavy atom. The molecule has 0 saturated heterocycles. The molecule has 68 valence electrons. The average molecular weight is 194 g/mol. The predicted octanol–water partition coefficient (Wildman–Crippen LogP) is 3.00. The topological polar surface area (TPSA) is 0 Å². The van der Waals surface area contributed by atoms with Crippen molar-refractivity contribution in [2.45, 2.75) is 20.3 Å². The minimum absolute atomic E-state index is 0. The Morgan fingerprint density at radius 1 is 1.00 bits per heavy atom. The van der Waals surface area contributed by atoms with Gasteiger partial charge in [0.15, 0.2) is 0 Å². The van der Waals surface area contributed by atoms with Crippen molar-refractivity contribution in [2.75, 3.05) is 0 Å². The van der Waals surface area contributed by atoms with E-state index in [1.807, 2.05) is 0 Å². The fraction of sp³-hybridized carbons (Fsp3) is 0.231. The minimum atomic E-state index is 0. The van der Waals surface area contributed by atoms with E-state index in [2.05, 4.69) is 50.3 Å². The van der Waals surface area contributed by atoms with Gasteiger partial charge in [-0.15, -0.1) is 0 Å². The molecule has 0 bridgehead atoms. The van der Waals surface area contributed by atoms with E-state index in [1.54, 1.807) is 0 Å². The van der Waals surface area contributed by atoms with Crippen LogP contribution >= 0.6 is 0 Å². The van der Waals surface area contributed by atoms with Crippen LogP contribution in [0.1, 0.15) is 23.1 Å². The first-order chi connectivity index (χ1) is 6.25. The van der Waals surface area contributed by atoms with E-state index in [0.29, 0.717) is 0 Å². The van der Waals surface area contributed by atoms with Gasteiger partial charge in [-0.1, -0.05) is 47.6 Å². The molecule has 0 N–H and O–H groups in total. The zero-order chi connectivity index (χ0) is 9.26. The molecule has 1 heteroatoms. The molecule has 1 aromatic carbocycles. The maximum atomic E-state index is 2.26. The number of hydrogen-bond donors (Lipinski definition) is 0. The molecule has 0 spiro atoms. The first-order valence-electron chi connectivity index (χ1n) is 4.70. The third kappa shape index (κ3) is 2.60. The molecule has 2 rings (SSSR count). The zero-order valence-electron chi connectivity index (χ0n) is 8.17. The Kier molecular flexibility index (Phi) is 4.18. The summed E-state index contributed by atoms with van der Waals surface area (Å²) in [5.74, 6) is 0. The van der Waals surface area contributed by atoms with Crippen molar-refractivity contribution >= 4 is 35.1 Å². The van der Waals surface area contributed by atoms with Crippen molar-refractivity contribution in [3.05, 3.63) is 53.1 Å². The van der Waals surface area contributed by atoms with Gasteiger partial charge in [-0.05, 0) is 31.4 Å². The Labute approximate surface area is 108 Å². The number of rotatable bonds is 1. The predicted molar refractivity (Wildman–Crippen MR) is 64.8 cm³/mol. The van der Waals surface area contributed by atoms with Crippen molar-refractivity contribution in [3.63, 3.8) is 0 Å². The summed E-state index contributed by atoms with van der Waals surface area (Å²) >= 11 is 0. The molecule has 0 saturated carbocycles. The summed E-state index contributed by atoms with van der Waals surface area (Å²) in [5, 5.41) is 0. The van der Waals surface area contributed by atoms with Crippen LogP contribution in [0.3, 0.4) is 0 Å². The second-order valence-electron chi connectivity index (χ2n) is 3.70. The molecule has 0 aliphatic heterocycles. The molecule has 0 atom stereocenters. The van der Waals surface area contributed by atoms with Gasteiger partial charge < -0.3 is 0 Å². The van der Waals surface area contributed by atoms with E-state index in [0.717, 1.165) is 6.42 Å². The molecule has 0 aromatic heterocycles. The van der Waals surface area contributed by atoms with Crippen LogP contribution < -0.4 is 0 Å². The van der Waals surface area contributed by atoms with Gasteiger partial charge in [-0.2, -0.15) is 0 Å². The van der Waals surface area contributed by atoms with Gasteiger partial charge >= 0.3 is 29.6 Å². The molecule has 14 heavy (non-hydrogen) atoms. The number of allylic oxidation sites excluding steroid dienone is 4. The third-order valence-corrected chi connectivity index (χ3v) is 2.36. The van der Waals surface area contributed by atoms with Crippen molar-refractivity contribution in [2.24, 2.45) is 0 Å². The van der Waals surface area contributed by atoms with Gasteiger partial charge in [0, 0.05) is 0 Å². The van der Waals surface area contributed by atoms with Crippen molar-refractivity contribution in [1.29, 1.82) is 0 Å². The van der Waals surface area contributed by atoms with Crippen LogP contribution in [0.15, 0.2) is 36.4 Å². The molecule has 0 fully saturated rings. The maximum absolute atomic E-state index is 2.26. The van der Waals surface area contributed by atoms with Crippen molar-refractivity contribution in [1.82, 2.24) is 0 Å². The SMILES string of the molecule is Cc1cc(C)cc(C2=CC=CC2)c1.[NaH]. The third-order valence-electron chi connectivity index (χ3n) is 2.36. The van der Waals surface area contributed by atoms with Gasteiger partial charge in [0.1, 0.15) is 0 Å². The molecule has 1 aliphatic carbocycles. The molecular formula is C13H15Na. The Morgan fingerprint density at radius 3 is 2.14 bits per heavy atom. The molecule has 1 aliphatic rings. The quantitative estimate of drug-likeness (QED) is 0.603. The van der Waals surface area contributed by atoms with Crippen LogP contribution in [-0.4, -0.2) is 29.6 Å². The van der Waals surface area contributed by atoms with Crippen LogP contribution in [0.4, 0.5) is 0 Å². The zero-order valence-corrected chi connectivity index (χ0v) is 8.17. The van der Waals surface area contributed by atoms with Crippen LogP contribution in [0.5, 0.6) is 0 Å². The second kappa shape index (κ2) is 4.97. The standard InChI is InChI=1S/C13H14.Na.H/c1-10-7-11(2)9-13(8-10)12-5-3-4-6-12;;/h3-5,7-9H,6H2,1-2H3;;. The number of benzene rings is 1. The Balaban J connectivity index is 0.000000980. The van der Waals surface area contributed by atoms with E-state index in [9.17, 15) is 0 Å². The summed E-state index contributed by atoms with van der Waals surface area (Å²) in [7, 11) is 0. The van der Waals surface area contributed by atoms with Crippen LogP contribution in [0.25, 0.3) is 5.57 Å². The van der Waals surface area contributed by atoms with Crippen LogP contribution in [0, 0.1) is 13.8 Å². The van der Waals surface area contributed by atoms with E-state index >= 15 is 0 Å². The summed E-state index contributed by atoms with van der Waals surface area (Å²) in [6, 6.07) is 6.73. The molecule has 0 heterocycles. The molecular weight excluding hydrogens is 179 g/mol. The summed E-state index contributed by atoms with van der Waals surface area (Å²) in [6.07, 6.45) is 7.62. The fourth-order valence-corrected chi connectivity index (χ4v) is 1.82. The first kappa shape index (κ1) is 11.8. The molecule has 0 unspecified atom stereocenters. The van der Waals surface area contributed by atoms with Gasteiger partial charge in [-0.25, -0.2) is 0 Å².